The van der Waals surface area contributed by atoms with Crippen molar-refractivity contribution in [3.8, 4) is 11.1 Å². The van der Waals surface area contributed by atoms with Gasteiger partial charge in [-0.2, -0.15) is 0 Å². The lowest BCUT2D eigenvalue weighted by atomic mass is 9.89. The SMILES string of the molecule is CC(=O)OC1=NOCC1c1cc(C)c(Cl)c(Cl)c1-c1ccc(S(N)(=O)=O)cc1. The highest BCUT2D eigenvalue weighted by Crippen LogP contribution is 2.43. The van der Waals surface area contributed by atoms with Crippen molar-refractivity contribution in [2.24, 2.45) is 10.3 Å². The second-order valence-electron chi connectivity index (χ2n) is 6.23. The molecule has 0 aliphatic carbocycles. The van der Waals surface area contributed by atoms with E-state index >= 15 is 0 Å². The third-order valence-electron chi connectivity index (χ3n) is 4.21. The van der Waals surface area contributed by atoms with Crippen LogP contribution in [-0.2, 0) is 24.4 Å². The molecule has 148 valence electrons. The van der Waals surface area contributed by atoms with Gasteiger partial charge in [-0.15, -0.1) is 0 Å². The van der Waals surface area contributed by atoms with Crippen molar-refractivity contribution in [2.75, 3.05) is 6.61 Å². The van der Waals surface area contributed by atoms with Gasteiger partial charge >= 0.3 is 5.97 Å². The molecule has 2 aromatic rings. The smallest absolute Gasteiger partial charge is 0.309 e. The second-order valence-corrected chi connectivity index (χ2v) is 8.54. The van der Waals surface area contributed by atoms with E-state index in [4.69, 9.17) is 37.9 Å². The van der Waals surface area contributed by atoms with Gasteiger partial charge in [0, 0.05) is 12.5 Å². The maximum Gasteiger partial charge on any atom is 0.309 e. The Bertz CT molecular complexity index is 1080. The zero-order valence-electron chi connectivity index (χ0n) is 14.9. The lowest BCUT2D eigenvalue weighted by Gasteiger charge is -2.19. The van der Waals surface area contributed by atoms with E-state index in [1.54, 1.807) is 19.1 Å². The van der Waals surface area contributed by atoms with Crippen LogP contribution in [0.25, 0.3) is 11.1 Å². The minimum Gasteiger partial charge on any atom is -0.408 e. The molecule has 7 nitrogen and oxygen atoms in total. The van der Waals surface area contributed by atoms with Crippen LogP contribution in [0.5, 0.6) is 0 Å². The number of carbonyl (C=O) groups excluding carboxylic acids is 1. The molecule has 0 radical (unpaired) electrons. The Kier molecular flexibility index (Phi) is 5.67. The Morgan fingerprint density at radius 1 is 1.25 bits per heavy atom. The number of esters is 1. The maximum atomic E-state index is 11.5. The van der Waals surface area contributed by atoms with Crippen LogP contribution in [0.15, 0.2) is 40.4 Å². The second kappa shape index (κ2) is 7.71. The van der Waals surface area contributed by atoms with Gasteiger partial charge in [-0.25, -0.2) is 13.6 Å². The molecule has 0 bridgehead atoms. The van der Waals surface area contributed by atoms with Crippen LogP contribution in [0.3, 0.4) is 0 Å². The molecule has 2 aromatic carbocycles. The molecule has 2 N–H and O–H groups in total. The number of hydrogen-bond acceptors (Lipinski definition) is 6. The summed E-state index contributed by atoms with van der Waals surface area (Å²) in [5.41, 5.74) is 2.59. The fourth-order valence-electron chi connectivity index (χ4n) is 2.93. The molecule has 0 aromatic heterocycles. The Labute approximate surface area is 172 Å². The van der Waals surface area contributed by atoms with E-state index in [0.717, 1.165) is 5.56 Å². The largest absolute Gasteiger partial charge is 0.408 e. The van der Waals surface area contributed by atoms with Crippen molar-refractivity contribution < 1.29 is 22.8 Å². The summed E-state index contributed by atoms with van der Waals surface area (Å²) in [6, 6.07) is 7.73. The molecule has 0 spiro atoms. The predicted octanol–water partition coefficient (Wildman–Crippen LogP) is 3.61. The molecule has 0 amide bonds. The van der Waals surface area contributed by atoms with Crippen LogP contribution >= 0.6 is 23.2 Å². The monoisotopic (exact) mass is 442 g/mol. The van der Waals surface area contributed by atoms with E-state index < -0.39 is 21.9 Å². The van der Waals surface area contributed by atoms with Crippen molar-refractivity contribution in [2.45, 2.75) is 24.7 Å². The number of hydrogen-bond donors (Lipinski definition) is 1. The number of aryl methyl sites for hydroxylation is 1. The van der Waals surface area contributed by atoms with Crippen LogP contribution in [0.4, 0.5) is 0 Å². The van der Waals surface area contributed by atoms with Crippen molar-refractivity contribution in [3.63, 3.8) is 0 Å². The number of carbonyl (C=O) groups is 1. The van der Waals surface area contributed by atoms with Crippen molar-refractivity contribution in [1.82, 2.24) is 0 Å². The average Bonchev–Trinajstić information content (AvgIpc) is 3.06. The van der Waals surface area contributed by atoms with Gasteiger partial charge in [0.25, 0.3) is 0 Å². The number of rotatable bonds is 3. The molecule has 0 saturated carbocycles. The molecule has 1 aliphatic heterocycles. The summed E-state index contributed by atoms with van der Waals surface area (Å²) in [6.07, 6.45) is 0. The first-order valence-corrected chi connectivity index (χ1v) is 10.4. The summed E-state index contributed by atoms with van der Waals surface area (Å²) in [4.78, 5) is 16.5. The third kappa shape index (κ3) is 4.00. The summed E-state index contributed by atoms with van der Waals surface area (Å²) in [7, 11) is -3.83. The maximum absolute atomic E-state index is 11.5. The van der Waals surface area contributed by atoms with Gasteiger partial charge in [0.05, 0.1) is 14.9 Å². The fourth-order valence-corrected chi connectivity index (χ4v) is 3.96. The molecule has 10 heteroatoms. The van der Waals surface area contributed by atoms with Crippen molar-refractivity contribution in [3.05, 3.63) is 51.5 Å². The Balaban J connectivity index is 2.17. The Hall–Kier alpha value is -2.13. The molecular weight excluding hydrogens is 427 g/mol. The zero-order valence-corrected chi connectivity index (χ0v) is 17.2. The average molecular weight is 443 g/mol. The van der Waals surface area contributed by atoms with Gasteiger partial charge in [0.2, 0.25) is 15.9 Å². The number of ether oxygens (including phenoxy) is 1. The van der Waals surface area contributed by atoms with Gasteiger partial charge in [0.1, 0.15) is 12.5 Å². The number of benzene rings is 2. The van der Waals surface area contributed by atoms with Crippen LogP contribution in [0.2, 0.25) is 10.0 Å². The number of nitrogens with zero attached hydrogens (tertiary/aromatic N) is 1. The lowest BCUT2D eigenvalue weighted by molar-refractivity contribution is -0.133. The first kappa shape index (κ1) is 20.6. The highest BCUT2D eigenvalue weighted by atomic mass is 35.5. The molecule has 1 aliphatic rings. The number of primary sulfonamides is 1. The summed E-state index contributed by atoms with van der Waals surface area (Å²) in [5.74, 6) is -0.886. The standard InChI is InChI=1S/C18H16Cl2N2O5S/c1-9-7-13(14-8-26-22-18(14)27-10(2)23)15(17(20)16(9)19)11-3-5-12(6-4-11)28(21,24)25/h3-7,14H,8H2,1-2H3,(H2,21,24,25). The molecule has 3 rings (SSSR count). The number of nitrogens with two attached hydrogens (primary N) is 1. The Morgan fingerprint density at radius 2 is 1.89 bits per heavy atom. The quantitative estimate of drug-likeness (QED) is 0.730. The van der Waals surface area contributed by atoms with Crippen LogP contribution in [0.1, 0.15) is 24.0 Å². The molecule has 1 atom stereocenters. The first-order chi connectivity index (χ1) is 13.1. The van der Waals surface area contributed by atoms with Gasteiger partial charge in [-0.3, -0.25) is 4.79 Å². The molecule has 0 fully saturated rings. The molecular formula is C18H16Cl2N2O5S. The molecule has 1 unspecified atom stereocenters. The highest BCUT2D eigenvalue weighted by molar-refractivity contribution is 7.89. The van der Waals surface area contributed by atoms with Crippen LogP contribution < -0.4 is 5.14 Å². The predicted molar refractivity (Wildman–Crippen MR) is 106 cm³/mol. The van der Waals surface area contributed by atoms with E-state index in [1.807, 2.05) is 6.07 Å². The summed E-state index contributed by atoms with van der Waals surface area (Å²) >= 11 is 12.9. The summed E-state index contributed by atoms with van der Waals surface area (Å²) in [5, 5.41) is 9.60. The molecule has 0 saturated heterocycles. The number of halogens is 2. The zero-order chi connectivity index (χ0) is 20.6. The normalized spacial score (nSPS) is 16.5. The van der Waals surface area contributed by atoms with E-state index in [-0.39, 0.29) is 22.4 Å². The van der Waals surface area contributed by atoms with E-state index in [2.05, 4.69) is 5.16 Å². The fraction of sp³-hybridized carbons (Fsp3) is 0.222. The van der Waals surface area contributed by atoms with Gasteiger partial charge < -0.3 is 9.57 Å². The van der Waals surface area contributed by atoms with E-state index in [9.17, 15) is 13.2 Å². The summed E-state index contributed by atoms with van der Waals surface area (Å²) < 4.78 is 28.2. The van der Waals surface area contributed by atoms with Gasteiger partial charge in [-0.05, 0) is 35.7 Å². The first-order valence-electron chi connectivity index (χ1n) is 8.09. The number of sulfonamides is 1. The topological polar surface area (TPSA) is 108 Å². The molecule has 1 heterocycles. The minimum atomic E-state index is -3.83. The Morgan fingerprint density at radius 3 is 2.46 bits per heavy atom. The van der Waals surface area contributed by atoms with Crippen molar-refractivity contribution >= 4 is 45.1 Å². The van der Waals surface area contributed by atoms with Gasteiger partial charge in [0.15, 0.2) is 0 Å². The van der Waals surface area contributed by atoms with Gasteiger partial charge in [-0.1, -0.05) is 46.6 Å². The lowest BCUT2D eigenvalue weighted by Crippen LogP contribution is -2.18. The van der Waals surface area contributed by atoms with Crippen LogP contribution in [-0.4, -0.2) is 26.9 Å². The summed E-state index contributed by atoms with van der Waals surface area (Å²) in [6.45, 7) is 3.22. The number of oxime groups is 1. The highest BCUT2D eigenvalue weighted by Gasteiger charge is 2.32. The van der Waals surface area contributed by atoms with Crippen molar-refractivity contribution in [1.29, 1.82) is 0 Å². The minimum absolute atomic E-state index is 0.0292. The third-order valence-corrected chi connectivity index (χ3v) is 6.10. The van der Waals surface area contributed by atoms with Crippen LogP contribution in [0, 0.1) is 6.92 Å². The van der Waals surface area contributed by atoms with E-state index in [0.29, 0.717) is 21.7 Å². The van der Waals surface area contributed by atoms with E-state index in [1.165, 1.54) is 19.1 Å². The molecule has 28 heavy (non-hydrogen) atoms.